The quantitative estimate of drug-likeness (QED) is 0.654. The Hall–Kier alpha value is -2.20. The zero-order valence-electron chi connectivity index (χ0n) is 12.4. The van der Waals surface area contributed by atoms with E-state index in [1.165, 1.54) is 0 Å². The van der Waals surface area contributed by atoms with Gasteiger partial charge < -0.3 is 4.74 Å². The number of hydrogen-bond donors (Lipinski definition) is 1. The molecule has 0 aliphatic carbocycles. The second-order valence-electron chi connectivity index (χ2n) is 4.79. The minimum Gasteiger partial charge on any atom is -0.465 e. The summed E-state index contributed by atoms with van der Waals surface area (Å²) in [5, 5.41) is 4.14. The van der Waals surface area contributed by atoms with E-state index in [2.05, 4.69) is 16.9 Å². The lowest BCUT2D eigenvalue weighted by atomic mass is 10.0. The van der Waals surface area contributed by atoms with Gasteiger partial charge in [0.15, 0.2) is 0 Å². The van der Waals surface area contributed by atoms with Gasteiger partial charge in [-0.25, -0.2) is 4.79 Å². The van der Waals surface area contributed by atoms with Gasteiger partial charge in [-0.1, -0.05) is 18.2 Å². The van der Waals surface area contributed by atoms with Crippen LogP contribution in [0.15, 0.2) is 43.0 Å². The van der Waals surface area contributed by atoms with E-state index < -0.39 is 6.04 Å². The molecular formula is C17H20N2O2. The van der Waals surface area contributed by atoms with E-state index in [1.54, 1.807) is 13.0 Å². The second kappa shape index (κ2) is 6.99. The highest BCUT2D eigenvalue weighted by Gasteiger charge is 2.21. The molecule has 0 aliphatic heterocycles. The van der Waals surface area contributed by atoms with Crippen LogP contribution in [0.1, 0.15) is 24.2 Å². The minimum atomic E-state index is -0.492. The molecule has 110 valence electrons. The molecule has 4 nitrogen and oxygen atoms in total. The molecule has 1 aromatic heterocycles. The van der Waals surface area contributed by atoms with E-state index in [0.29, 0.717) is 13.2 Å². The Morgan fingerprint density at radius 1 is 1.43 bits per heavy atom. The Balaban J connectivity index is 2.36. The topological polar surface area (TPSA) is 51.2 Å². The maximum atomic E-state index is 12.1. The average molecular weight is 284 g/mol. The summed E-state index contributed by atoms with van der Waals surface area (Å²) in [6, 6.07) is 9.29. The lowest BCUT2D eigenvalue weighted by Crippen LogP contribution is -2.30. The molecule has 0 bridgehead atoms. The van der Waals surface area contributed by atoms with E-state index in [9.17, 15) is 4.79 Å². The molecule has 1 aromatic carbocycles. The van der Waals surface area contributed by atoms with Gasteiger partial charge in [0.1, 0.15) is 6.04 Å². The molecule has 21 heavy (non-hydrogen) atoms. The van der Waals surface area contributed by atoms with Crippen LogP contribution in [-0.4, -0.2) is 24.1 Å². The van der Waals surface area contributed by atoms with Gasteiger partial charge in [0, 0.05) is 17.6 Å². The van der Waals surface area contributed by atoms with Crippen LogP contribution in [0.25, 0.3) is 10.9 Å². The van der Waals surface area contributed by atoms with Crippen LogP contribution in [0, 0.1) is 6.92 Å². The number of nitrogens with one attached hydrogen (secondary N) is 1. The smallest absolute Gasteiger partial charge is 0.327 e. The molecule has 1 atom stereocenters. The van der Waals surface area contributed by atoms with E-state index in [1.807, 2.05) is 37.3 Å². The third-order valence-corrected chi connectivity index (χ3v) is 3.17. The van der Waals surface area contributed by atoms with Crippen molar-refractivity contribution in [1.82, 2.24) is 10.3 Å². The highest BCUT2D eigenvalue weighted by Crippen LogP contribution is 2.21. The molecule has 1 N–H and O–H groups in total. The summed E-state index contributed by atoms with van der Waals surface area (Å²) in [7, 11) is 0. The Bertz CT molecular complexity index is 652. The summed E-state index contributed by atoms with van der Waals surface area (Å²) in [5.41, 5.74) is 2.76. The van der Waals surface area contributed by atoms with E-state index in [0.717, 1.165) is 22.2 Å². The lowest BCUT2D eigenvalue weighted by molar-refractivity contribution is -0.145. The van der Waals surface area contributed by atoms with Crippen molar-refractivity contribution in [2.24, 2.45) is 0 Å². The maximum absolute atomic E-state index is 12.1. The molecule has 0 spiro atoms. The number of benzene rings is 1. The number of esters is 1. The van der Waals surface area contributed by atoms with Crippen molar-refractivity contribution in [3.63, 3.8) is 0 Å². The van der Waals surface area contributed by atoms with Gasteiger partial charge in [0.05, 0.1) is 12.1 Å². The molecular weight excluding hydrogens is 264 g/mol. The van der Waals surface area contributed by atoms with Crippen molar-refractivity contribution in [2.75, 3.05) is 13.2 Å². The fourth-order valence-electron chi connectivity index (χ4n) is 2.19. The number of rotatable bonds is 6. The molecule has 0 fully saturated rings. The van der Waals surface area contributed by atoms with Crippen LogP contribution in [-0.2, 0) is 9.53 Å². The first-order valence-electron chi connectivity index (χ1n) is 7.04. The molecule has 1 unspecified atom stereocenters. The molecule has 2 rings (SSSR count). The van der Waals surface area contributed by atoms with Crippen LogP contribution < -0.4 is 5.32 Å². The summed E-state index contributed by atoms with van der Waals surface area (Å²) in [6.07, 6.45) is 1.72. The number of hydrogen-bond acceptors (Lipinski definition) is 4. The van der Waals surface area contributed by atoms with Crippen LogP contribution in [0.4, 0.5) is 0 Å². The SMILES string of the molecule is C=CCNC(C(=O)OCC)c1ccc2nc(C)ccc2c1. The monoisotopic (exact) mass is 284 g/mol. The molecule has 0 aliphatic rings. The van der Waals surface area contributed by atoms with Gasteiger partial charge in [-0.2, -0.15) is 0 Å². The Morgan fingerprint density at radius 2 is 2.24 bits per heavy atom. The molecule has 0 saturated heterocycles. The van der Waals surface area contributed by atoms with Crippen LogP contribution >= 0.6 is 0 Å². The van der Waals surface area contributed by atoms with Gasteiger partial charge in [-0.3, -0.25) is 10.3 Å². The normalized spacial score (nSPS) is 12.1. The Kier molecular flexibility index (Phi) is 5.06. The van der Waals surface area contributed by atoms with Gasteiger partial charge in [0.25, 0.3) is 0 Å². The number of fused-ring (bicyclic) bond motifs is 1. The first kappa shape index (κ1) is 15.2. The maximum Gasteiger partial charge on any atom is 0.327 e. The summed E-state index contributed by atoms with van der Waals surface area (Å²) >= 11 is 0. The third kappa shape index (κ3) is 3.67. The lowest BCUT2D eigenvalue weighted by Gasteiger charge is -2.17. The van der Waals surface area contributed by atoms with Gasteiger partial charge in [-0.15, -0.1) is 6.58 Å². The highest BCUT2D eigenvalue weighted by molar-refractivity contribution is 5.83. The van der Waals surface area contributed by atoms with Crippen molar-refractivity contribution in [1.29, 1.82) is 0 Å². The first-order valence-corrected chi connectivity index (χ1v) is 7.04. The number of nitrogens with zero attached hydrogens (tertiary/aromatic N) is 1. The predicted octanol–water partition coefficient (Wildman–Crippen LogP) is 2.92. The van der Waals surface area contributed by atoms with Crippen molar-refractivity contribution >= 4 is 16.9 Å². The first-order chi connectivity index (χ1) is 10.2. The van der Waals surface area contributed by atoms with Gasteiger partial charge in [-0.05, 0) is 37.6 Å². The average Bonchev–Trinajstić information content (AvgIpc) is 2.48. The number of ether oxygens (including phenoxy) is 1. The summed E-state index contributed by atoms with van der Waals surface area (Å²) < 4.78 is 5.14. The zero-order chi connectivity index (χ0) is 15.2. The highest BCUT2D eigenvalue weighted by atomic mass is 16.5. The molecule has 0 radical (unpaired) electrons. The molecule has 2 aromatic rings. The van der Waals surface area contributed by atoms with Crippen molar-refractivity contribution < 1.29 is 9.53 Å². The molecule has 0 amide bonds. The van der Waals surface area contributed by atoms with Gasteiger partial charge in [0.2, 0.25) is 0 Å². The van der Waals surface area contributed by atoms with Gasteiger partial charge >= 0.3 is 5.97 Å². The number of aryl methyl sites for hydroxylation is 1. The van der Waals surface area contributed by atoms with E-state index in [-0.39, 0.29) is 5.97 Å². The number of aromatic nitrogens is 1. The zero-order valence-corrected chi connectivity index (χ0v) is 12.4. The van der Waals surface area contributed by atoms with Crippen LogP contribution in [0.3, 0.4) is 0 Å². The molecule has 0 saturated carbocycles. The van der Waals surface area contributed by atoms with E-state index >= 15 is 0 Å². The third-order valence-electron chi connectivity index (χ3n) is 3.17. The van der Waals surface area contributed by atoms with Crippen LogP contribution in [0.2, 0.25) is 0 Å². The van der Waals surface area contributed by atoms with Crippen molar-refractivity contribution in [2.45, 2.75) is 19.9 Å². The number of carbonyl (C=O) groups is 1. The largest absolute Gasteiger partial charge is 0.465 e. The fraction of sp³-hybridized carbons (Fsp3) is 0.294. The van der Waals surface area contributed by atoms with Crippen molar-refractivity contribution in [3.05, 3.63) is 54.2 Å². The standard InChI is InChI=1S/C17H20N2O2/c1-4-10-18-16(17(20)21-5-2)14-8-9-15-13(11-14)7-6-12(3)19-15/h4,6-9,11,16,18H,1,5,10H2,2-3H3. The minimum absolute atomic E-state index is 0.279. The number of carbonyl (C=O) groups excluding carboxylic acids is 1. The Labute approximate surface area is 124 Å². The van der Waals surface area contributed by atoms with Crippen LogP contribution in [0.5, 0.6) is 0 Å². The fourth-order valence-corrected chi connectivity index (χ4v) is 2.19. The van der Waals surface area contributed by atoms with E-state index in [4.69, 9.17) is 4.74 Å². The molecule has 4 heteroatoms. The second-order valence-corrected chi connectivity index (χ2v) is 4.79. The number of pyridine rings is 1. The summed E-state index contributed by atoms with van der Waals surface area (Å²) in [6.45, 7) is 8.32. The van der Waals surface area contributed by atoms with Crippen molar-refractivity contribution in [3.8, 4) is 0 Å². The molecule has 1 heterocycles. The Morgan fingerprint density at radius 3 is 2.95 bits per heavy atom. The predicted molar refractivity (Wildman–Crippen MR) is 84.1 cm³/mol. The summed E-state index contributed by atoms with van der Waals surface area (Å²) in [4.78, 5) is 16.6. The summed E-state index contributed by atoms with van der Waals surface area (Å²) in [5.74, 6) is -0.279.